The number of hydrogen-bond donors (Lipinski definition) is 2. The lowest BCUT2D eigenvalue weighted by Gasteiger charge is -2.16. The lowest BCUT2D eigenvalue weighted by atomic mass is 9.98. The molecule has 1 saturated carbocycles. The minimum absolute atomic E-state index is 0.173. The van der Waals surface area contributed by atoms with Gasteiger partial charge in [0, 0.05) is 12.7 Å². The number of hydrogen-bond acceptors (Lipinski definition) is 3. The second-order valence-electron chi connectivity index (χ2n) is 4.97. The van der Waals surface area contributed by atoms with Gasteiger partial charge in [0.1, 0.15) is 5.82 Å². The first kappa shape index (κ1) is 13.1. The molecule has 1 heterocycles. The zero-order chi connectivity index (χ0) is 13.1. The molecule has 0 aliphatic heterocycles. The number of carbonyl (C=O) groups excluding carboxylic acids is 1. The SMILES string of the molecule is CC1CCCC1CNC(=O)c1cc(N)ncc1Cl. The van der Waals surface area contributed by atoms with Gasteiger partial charge in [-0.1, -0.05) is 31.4 Å². The molecule has 1 amide bonds. The van der Waals surface area contributed by atoms with Crippen molar-refractivity contribution in [1.29, 1.82) is 0 Å². The highest BCUT2D eigenvalue weighted by Crippen LogP contribution is 2.30. The lowest BCUT2D eigenvalue weighted by molar-refractivity contribution is 0.0944. The van der Waals surface area contributed by atoms with Gasteiger partial charge in [-0.3, -0.25) is 4.79 Å². The smallest absolute Gasteiger partial charge is 0.252 e. The average Bonchev–Trinajstić information content (AvgIpc) is 2.75. The maximum absolute atomic E-state index is 12.0. The van der Waals surface area contributed by atoms with Crippen LogP contribution in [0.15, 0.2) is 12.3 Å². The number of halogens is 1. The van der Waals surface area contributed by atoms with Gasteiger partial charge in [-0.05, 0) is 24.3 Å². The van der Waals surface area contributed by atoms with Gasteiger partial charge in [-0.25, -0.2) is 4.98 Å². The Labute approximate surface area is 112 Å². The number of aromatic nitrogens is 1. The van der Waals surface area contributed by atoms with Crippen molar-refractivity contribution in [2.24, 2.45) is 11.8 Å². The van der Waals surface area contributed by atoms with Crippen LogP contribution in [0.3, 0.4) is 0 Å². The van der Waals surface area contributed by atoms with Gasteiger partial charge in [0.05, 0.1) is 10.6 Å². The van der Waals surface area contributed by atoms with Crippen LogP contribution in [0.2, 0.25) is 5.02 Å². The van der Waals surface area contributed by atoms with Gasteiger partial charge in [0.25, 0.3) is 5.91 Å². The van der Waals surface area contributed by atoms with Gasteiger partial charge >= 0.3 is 0 Å². The highest BCUT2D eigenvalue weighted by molar-refractivity contribution is 6.33. The van der Waals surface area contributed by atoms with Crippen molar-refractivity contribution in [2.75, 3.05) is 12.3 Å². The number of amides is 1. The van der Waals surface area contributed by atoms with E-state index in [2.05, 4.69) is 17.2 Å². The maximum atomic E-state index is 12.0. The number of nitrogen functional groups attached to an aromatic ring is 1. The van der Waals surface area contributed by atoms with Crippen LogP contribution in [0.1, 0.15) is 36.5 Å². The van der Waals surface area contributed by atoms with Gasteiger partial charge in [-0.2, -0.15) is 0 Å². The summed E-state index contributed by atoms with van der Waals surface area (Å²) in [4.78, 5) is 15.8. The van der Waals surface area contributed by atoms with E-state index in [1.807, 2.05) is 0 Å². The third-order valence-electron chi connectivity index (χ3n) is 3.69. The van der Waals surface area contributed by atoms with E-state index >= 15 is 0 Å². The molecule has 0 saturated heterocycles. The van der Waals surface area contributed by atoms with Crippen molar-refractivity contribution in [3.05, 3.63) is 22.8 Å². The minimum atomic E-state index is -0.173. The number of nitrogens with two attached hydrogens (primary N) is 1. The van der Waals surface area contributed by atoms with Crippen molar-refractivity contribution in [3.8, 4) is 0 Å². The Morgan fingerprint density at radius 1 is 1.61 bits per heavy atom. The Morgan fingerprint density at radius 2 is 2.39 bits per heavy atom. The van der Waals surface area contributed by atoms with E-state index < -0.39 is 0 Å². The zero-order valence-electron chi connectivity index (χ0n) is 10.4. The van der Waals surface area contributed by atoms with Gasteiger partial charge in [0.15, 0.2) is 0 Å². The molecule has 0 spiro atoms. The highest BCUT2D eigenvalue weighted by Gasteiger charge is 2.24. The Kier molecular flexibility index (Phi) is 4.07. The van der Waals surface area contributed by atoms with E-state index in [4.69, 9.17) is 17.3 Å². The predicted molar refractivity (Wildman–Crippen MR) is 72.5 cm³/mol. The summed E-state index contributed by atoms with van der Waals surface area (Å²) < 4.78 is 0. The summed E-state index contributed by atoms with van der Waals surface area (Å²) in [5.74, 6) is 1.39. The first-order chi connectivity index (χ1) is 8.58. The molecule has 2 unspecified atom stereocenters. The van der Waals surface area contributed by atoms with Gasteiger partial charge in [0.2, 0.25) is 0 Å². The first-order valence-electron chi connectivity index (χ1n) is 6.27. The van der Waals surface area contributed by atoms with E-state index in [1.54, 1.807) is 0 Å². The quantitative estimate of drug-likeness (QED) is 0.884. The molecular formula is C13H18ClN3O. The normalized spacial score (nSPS) is 23.0. The molecule has 1 aliphatic carbocycles. The molecule has 18 heavy (non-hydrogen) atoms. The average molecular weight is 268 g/mol. The standard InChI is InChI=1S/C13H18ClN3O/c1-8-3-2-4-9(8)6-17-13(18)10-5-12(15)16-7-11(10)14/h5,7-9H,2-4,6H2,1H3,(H2,15,16)(H,17,18). The van der Waals surface area contributed by atoms with Crippen LogP contribution in [-0.2, 0) is 0 Å². The number of carbonyl (C=O) groups is 1. The second kappa shape index (κ2) is 5.57. The lowest BCUT2D eigenvalue weighted by Crippen LogP contribution is -2.30. The van der Waals surface area contributed by atoms with Crippen LogP contribution in [0.25, 0.3) is 0 Å². The molecule has 1 fully saturated rings. The molecule has 1 aliphatic rings. The largest absolute Gasteiger partial charge is 0.384 e. The summed E-state index contributed by atoms with van der Waals surface area (Å²) in [7, 11) is 0. The topological polar surface area (TPSA) is 68.0 Å². The third kappa shape index (κ3) is 2.93. The van der Waals surface area contributed by atoms with Crippen LogP contribution in [0.4, 0.5) is 5.82 Å². The molecule has 0 radical (unpaired) electrons. The zero-order valence-corrected chi connectivity index (χ0v) is 11.2. The van der Waals surface area contributed by atoms with Crippen molar-refractivity contribution in [2.45, 2.75) is 26.2 Å². The van der Waals surface area contributed by atoms with Gasteiger partial charge < -0.3 is 11.1 Å². The Balaban J connectivity index is 1.97. The summed E-state index contributed by atoms with van der Waals surface area (Å²) in [6.45, 7) is 2.94. The number of rotatable bonds is 3. The molecule has 98 valence electrons. The van der Waals surface area contributed by atoms with Crippen molar-refractivity contribution in [1.82, 2.24) is 10.3 Å². The fourth-order valence-electron chi connectivity index (χ4n) is 2.47. The number of nitrogens with zero attached hydrogens (tertiary/aromatic N) is 1. The molecular weight excluding hydrogens is 250 g/mol. The number of nitrogens with one attached hydrogen (secondary N) is 1. The Bertz CT molecular complexity index is 450. The van der Waals surface area contributed by atoms with Crippen LogP contribution in [0, 0.1) is 11.8 Å². The summed E-state index contributed by atoms with van der Waals surface area (Å²) in [6, 6.07) is 1.51. The summed E-state index contributed by atoms with van der Waals surface area (Å²) >= 11 is 5.94. The molecule has 1 aromatic heterocycles. The van der Waals surface area contributed by atoms with Crippen molar-refractivity contribution >= 4 is 23.3 Å². The molecule has 2 rings (SSSR count). The van der Waals surface area contributed by atoms with E-state index in [9.17, 15) is 4.79 Å². The van der Waals surface area contributed by atoms with Crippen LogP contribution < -0.4 is 11.1 Å². The molecule has 3 N–H and O–H groups in total. The molecule has 0 bridgehead atoms. The van der Waals surface area contributed by atoms with E-state index in [0.29, 0.717) is 34.8 Å². The first-order valence-corrected chi connectivity index (χ1v) is 6.65. The van der Waals surface area contributed by atoms with Crippen LogP contribution >= 0.6 is 11.6 Å². The van der Waals surface area contributed by atoms with E-state index in [0.717, 1.165) is 0 Å². The summed E-state index contributed by atoms with van der Waals surface area (Å²) in [5, 5.41) is 3.27. The second-order valence-corrected chi connectivity index (χ2v) is 5.37. The van der Waals surface area contributed by atoms with Crippen molar-refractivity contribution < 1.29 is 4.79 Å². The van der Waals surface area contributed by atoms with Crippen LogP contribution in [-0.4, -0.2) is 17.4 Å². The molecule has 5 heteroatoms. The molecule has 0 aromatic carbocycles. The van der Waals surface area contributed by atoms with E-state index in [-0.39, 0.29) is 5.91 Å². The Morgan fingerprint density at radius 3 is 3.06 bits per heavy atom. The van der Waals surface area contributed by atoms with Gasteiger partial charge in [-0.15, -0.1) is 0 Å². The Hall–Kier alpha value is -1.29. The monoisotopic (exact) mass is 267 g/mol. The van der Waals surface area contributed by atoms with Crippen molar-refractivity contribution in [3.63, 3.8) is 0 Å². The molecule has 1 aromatic rings. The number of anilines is 1. The summed E-state index contributed by atoms with van der Waals surface area (Å²) in [5.41, 5.74) is 5.95. The summed E-state index contributed by atoms with van der Waals surface area (Å²) in [6.07, 6.45) is 5.10. The fraction of sp³-hybridized carbons (Fsp3) is 0.538. The third-order valence-corrected chi connectivity index (χ3v) is 3.99. The number of pyridine rings is 1. The van der Waals surface area contributed by atoms with Crippen LogP contribution in [0.5, 0.6) is 0 Å². The molecule has 4 nitrogen and oxygen atoms in total. The molecule has 2 atom stereocenters. The minimum Gasteiger partial charge on any atom is -0.384 e. The van der Waals surface area contributed by atoms with E-state index in [1.165, 1.54) is 31.5 Å². The highest BCUT2D eigenvalue weighted by atomic mass is 35.5. The fourth-order valence-corrected chi connectivity index (χ4v) is 2.66. The maximum Gasteiger partial charge on any atom is 0.252 e. The predicted octanol–water partition coefficient (Wildman–Crippen LogP) is 2.48.